The fourth-order valence-electron chi connectivity index (χ4n) is 1.72. The van der Waals surface area contributed by atoms with Crippen molar-refractivity contribution in [1.82, 2.24) is 10.2 Å². The molecule has 14 heavy (non-hydrogen) atoms. The van der Waals surface area contributed by atoms with Crippen LogP contribution in [0.1, 0.15) is 6.92 Å². The maximum atomic E-state index is 5.73. The van der Waals surface area contributed by atoms with Crippen LogP contribution in [0.25, 0.3) is 0 Å². The number of nitrogens with one attached hydrogen (secondary N) is 1. The minimum Gasteiger partial charge on any atom is -0.362 e. The molecule has 2 aliphatic heterocycles. The Morgan fingerprint density at radius 3 is 3.14 bits per heavy atom. The summed E-state index contributed by atoms with van der Waals surface area (Å²) in [5.74, 6) is 2.11. The van der Waals surface area contributed by atoms with Crippen molar-refractivity contribution in [2.75, 3.05) is 32.4 Å². The molecule has 0 saturated carbocycles. The molecule has 0 aliphatic carbocycles. The average molecular weight is 215 g/mol. The highest BCUT2D eigenvalue weighted by atomic mass is 32.2. The maximum Gasteiger partial charge on any atom is 0.193 e. The summed E-state index contributed by atoms with van der Waals surface area (Å²) in [5.41, 5.74) is 0.354. The van der Waals surface area contributed by atoms with E-state index in [2.05, 4.69) is 29.2 Å². The largest absolute Gasteiger partial charge is 0.362 e. The van der Waals surface area contributed by atoms with Gasteiger partial charge in [0.05, 0.1) is 12.6 Å². The predicted octanol–water partition coefficient (Wildman–Crippen LogP) is 0.355. The average Bonchev–Trinajstić information content (AvgIpc) is 2.75. The van der Waals surface area contributed by atoms with Crippen LogP contribution in [0.15, 0.2) is 4.99 Å². The summed E-state index contributed by atoms with van der Waals surface area (Å²) in [7, 11) is 2.06. The van der Waals surface area contributed by atoms with Crippen LogP contribution in [-0.2, 0) is 4.74 Å². The van der Waals surface area contributed by atoms with Gasteiger partial charge in [0.1, 0.15) is 5.44 Å². The lowest BCUT2D eigenvalue weighted by molar-refractivity contribution is 0.0637. The second-order valence-electron chi connectivity index (χ2n) is 3.67. The lowest BCUT2D eigenvalue weighted by Crippen LogP contribution is -2.40. The number of guanidine groups is 1. The molecule has 1 saturated heterocycles. The van der Waals surface area contributed by atoms with Crippen LogP contribution in [0.2, 0.25) is 0 Å². The van der Waals surface area contributed by atoms with Crippen molar-refractivity contribution >= 4 is 17.7 Å². The number of aliphatic imine (C=N–C) groups is 1. The quantitative estimate of drug-likeness (QED) is 0.721. The molecule has 0 bridgehead atoms. The third-order valence-electron chi connectivity index (χ3n) is 2.40. The second kappa shape index (κ2) is 4.40. The van der Waals surface area contributed by atoms with Gasteiger partial charge in [-0.25, -0.2) is 0 Å². The van der Waals surface area contributed by atoms with Gasteiger partial charge in [0.2, 0.25) is 0 Å². The van der Waals surface area contributed by atoms with E-state index in [1.54, 1.807) is 0 Å². The van der Waals surface area contributed by atoms with Crippen LogP contribution < -0.4 is 5.32 Å². The molecule has 0 radical (unpaired) electrons. The zero-order valence-electron chi connectivity index (χ0n) is 8.69. The highest BCUT2D eigenvalue weighted by molar-refractivity contribution is 7.99. The Morgan fingerprint density at radius 2 is 2.57 bits per heavy atom. The second-order valence-corrected chi connectivity index (χ2v) is 5.00. The molecule has 0 aromatic carbocycles. The highest BCUT2D eigenvalue weighted by Crippen LogP contribution is 2.24. The summed E-state index contributed by atoms with van der Waals surface area (Å²) < 4.78 is 5.73. The zero-order chi connectivity index (χ0) is 9.97. The smallest absolute Gasteiger partial charge is 0.193 e. The number of hydrogen-bond donors (Lipinski definition) is 1. The van der Waals surface area contributed by atoms with E-state index in [0.717, 1.165) is 31.3 Å². The van der Waals surface area contributed by atoms with Gasteiger partial charge in [-0.3, -0.25) is 4.99 Å². The van der Waals surface area contributed by atoms with Crippen LogP contribution >= 0.6 is 11.8 Å². The molecule has 0 unspecified atom stereocenters. The van der Waals surface area contributed by atoms with Gasteiger partial charge in [-0.15, -0.1) is 11.8 Å². The molecule has 2 aliphatic rings. The van der Waals surface area contributed by atoms with Crippen LogP contribution in [0.4, 0.5) is 0 Å². The molecule has 5 heteroatoms. The minimum atomic E-state index is 0.352. The number of rotatable bonds is 2. The third kappa shape index (κ3) is 2.33. The van der Waals surface area contributed by atoms with Crippen molar-refractivity contribution in [2.24, 2.45) is 4.99 Å². The van der Waals surface area contributed by atoms with Gasteiger partial charge in [-0.05, 0) is 6.92 Å². The molecule has 0 spiro atoms. The number of likely N-dealkylation sites (N-methyl/N-ethyl adjacent to an activating group) is 1. The molecule has 0 amide bonds. The van der Waals surface area contributed by atoms with Crippen LogP contribution in [-0.4, -0.2) is 54.8 Å². The maximum absolute atomic E-state index is 5.73. The fraction of sp³-hybridized carbons (Fsp3) is 0.889. The molecule has 1 fully saturated rings. The van der Waals surface area contributed by atoms with Crippen LogP contribution in [0.5, 0.6) is 0 Å². The van der Waals surface area contributed by atoms with E-state index in [9.17, 15) is 0 Å². The van der Waals surface area contributed by atoms with Crippen molar-refractivity contribution < 1.29 is 4.74 Å². The first-order valence-electron chi connectivity index (χ1n) is 5.02. The predicted molar refractivity (Wildman–Crippen MR) is 59.7 cm³/mol. The molecule has 80 valence electrons. The summed E-state index contributed by atoms with van der Waals surface area (Å²) in [6, 6.07) is 0. The number of thioether (sulfide) groups is 1. The van der Waals surface area contributed by atoms with Gasteiger partial charge in [0.25, 0.3) is 0 Å². The van der Waals surface area contributed by atoms with Crippen molar-refractivity contribution in [2.45, 2.75) is 18.5 Å². The highest BCUT2D eigenvalue weighted by Gasteiger charge is 2.24. The molecule has 2 rings (SSSR count). The van der Waals surface area contributed by atoms with Crippen LogP contribution in [0.3, 0.4) is 0 Å². The Balaban J connectivity index is 1.79. The van der Waals surface area contributed by atoms with Gasteiger partial charge in [-0.2, -0.15) is 0 Å². The van der Waals surface area contributed by atoms with Crippen molar-refractivity contribution in [1.29, 1.82) is 0 Å². The van der Waals surface area contributed by atoms with Gasteiger partial charge >= 0.3 is 0 Å². The summed E-state index contributed by atoms with van der Waals surface area (Å²) in [6.45, 7) is 4.91. The normalized spacial score (nSPS) is 31.4. The standard InChI is InChI=1S/C9H17N3OS/c1-7-13-8(6-14-7)5-12(2)9-10-3-4-11-9/h7-8H,3-6H2,1-2H3,(H,10,11)/t7-,8-/m1/s1. The third-order valence-corrected chi connectivity index (χ3v) is 3.54. The Morgan fingerprint density at radius 1 is 1.71 bits per heavy atom. The molecular formula is C9H17N3OS. The molecule has 0 aromatic heterocycles. The molecule has 4 nitrogen and oxygen atoms in total. The molecule has 0 aromatic rings. The van der Waals surface area contributed by atoms with E-state index in [4.69, 9.17) is 4.74 Å². The lowest BCUT2D eigenvalue weighted by atomic mass is 10.4. The first kappa shape index (κ1) is 10.1. The fourth-order valence-corrected chi connectivity index (χ4v) is 2.63. The van der Waals surface area contributed by atoms with Gasteiger partial charge in [-0.1, -0.05) is 0 Å². The Kier molecular flexibility index (Phi) is 3.18. The summed E-state index contributed by atoms with van der Waals surface area (Å²) >= 11 is 1.88. The van der Waals surface area contributed by atoms with Crippen molar-refractivity contribution in [3.63, 3.8) is 0 Å². The zero-order valence-corrected chi connectivity index (χ0v) is 9.51. The van der Waals surface area contributed by atoms with Gasteiger partial charge < -0.3 is 15.0 Å². The van der Waals surface area contributed by atoms with Crippen molar-refractivity contribution in [3.8, 4) is 0 Å². The molecule has 2 atom stereocenters. The summed E-state index contributed by atoms with van der Waals surface area (Å²) in [4.78, 5) is 6.51. The van der Waals surface area contributed by atoms with E-state index >= 15 is 0 Å². The Bertz CT molecular complexity index is 234. The topological polar surface area (TPSA) is 36.9 Å². The Hall–Kier alpha value is -0.420. The lowest BCUT2D eigenvalue weighted by Gasteiger charge is -2.22. The number of nitrogens with zero attached hydrogens (tertiary/aromatic N) is 2. The number of hydrogen-bond acceptors (Lipinski definition) is 5. The van der Waals surface area contributed by atoms with E-state index in [1.165, 1.54) is 0 Å². The minimum absolute atomic E-state index is 0.352. The van der Waals surface area contributed by atoms with E-state index in [1.807, 2.05) is 11.8 Å². The summed E-state index contributed by atoms with van der Waals surface area (Å²) in [6.07, 6.45) is 0.352. The van der Waals surface area contributed by atoms with Crippen LogP contribution in [0, 0.1) is 0 Å². The molecule has 2 heterocycles. The molecule has 1 N–H and O–H groups in total. The van der Waals surface area contributed by atoms with E-state index in [0.29, 0.717) is 11.5 Å². The SMILES string of the molecule is C[C@@H]1O[C@H](CN(C)C2=NCCN2)CS1. The van der Waals surface area contributed by atoms with E-state index < -0.39 is 0 Å². The molecular weight excluding hydrogens is 198 g/mol. The van der Waals surface area contributed by atoms with Crippen molar-refractivity contribution in [3.05, 3.63) is 0 Å². The van der Waals surface area contributed by atoms with Gasteiger partial charge in [0, 0.05) is 25.9 Å². The van der Waals surface area contributed by atoms with Gasteiger partial charge in [0.15, 0.2) is 5.96 Å². The Labute approximate surface area is 89.1 Å². The first-order valence-corrected chi connectivity index (χ1v) is 6.07. The first-order chi connectivity index (χ1) is 6.75. The number of ether oxygens (including phenoxy) is 1. The summed E-state index contributed by atoms with van der Waals surface area (Å²) in [5, 5.41) is 3.26. The monoisotopic (exact) mass is 215 g/mol. The van der Waals surface area contributed by atoms with E-state index in [-0.39, 0.29) is 0 Å².